The lowest BCUT2D eigenvalue weighted by Crippen LogP contribution is -2.50. The maximum Gasteiger partial charge on any atom is 0.253 e. The number of aromatic nitrogens is 2. The maximum atomic E-state index is 13.4. The predicted molar refractivity (Wildman–Crippen MR) is 154 cm³/mol. The highest BCUT2D eigenvalue weighted by Crippen LogP contribution is 2.28. The number of carbonyl (C=O) groups excluding carboxylic acids is 2. The van der Waals surface area contributed by atoms with Gasteiger partial charge in [-0.05, 0) is 54.1 Å². The zero-order valence-electron chi connectivity index (χ0n) is 21.9. The third kappa shape index (κ3) is 4.47. The van der Waals surface area contributed by atoms with E-state index in [1.807, 2.05) is 118 Å². The van der Waals surface area contributed by atoms with E-state index < -0.39 is 0 Å². The van der Waals surface area contributed by atoms with Crippen LogP contribution in [0.1, 0.15) is 32.3 Å². The van der Waals surface area contributed by atoms with Gasteiger partial charge in [-0.3, -0.25) is 14.6 Å². The molecule has 1 saturated heterocycles. The number of nitrogens with zero attached hydrogens (tertiary/aromatic N) is 6. The molecule has 0 N–H and O–H groups in total. The summed E-state index contributed by atoms with van der Waals surface area (Å²) in [6.07, 6.45) is 12.0. The Morgan fingerprint density at radius 3 is 2.30 bits per heavy atom. The minimum absolute atomic E-state index is 0.000869. The Morgan fingerprint density at radius 1 is 0.800 bits per heavy atom. The van der Waals surface area contributed by atoms with Gasteiger partial charge < -0.3 is 19.1 Å². The van der Waals surface area contributed by atoms with Gasteiger partial charge in [-0.15, -0.1) is 0 Å². The minimum Gasteiger partial charge on any atom is -0.335 e. The van der Waals surface area contributed by atoms with Gasteiger partial charge in [0.25, 0.3) is 11.8 Å². The monoisotopic (exact) mass is 528 g/mol. The van der Waals surface area contributed by atoms with E-state index in [2.05, 4.69) is 9.88 Å². The molecule has 2 aromatic carbocycles. The van der Waals surface area contributed by atoms with Crippen molar-refractivity contribution in [3.63, 3.8) is 0 Å². The molecule has 0 saturated carbocycles. The van der Waals surface area contributed by atoms with Crippen molar-refractivity contribution in [3.05, 3.63) is 120 Å². The second kappa shape index (κ2) is 9.96. The van der Waals surface area contributed by atoms with Crippen molar-refractivity contribution in [2.45, 2.75) is 6.04 Å². The number of rotatable bonds is 4. The van der Waals surface area contributed by atoms with E-state index in [1.165, 1.54) is 0 Å². The first-order chi connectivity index (χ1) is 19.6. The van der Waals surface area contributed by atoms with E-state index >= 15 is 0 Å². The summed E-state index contributed by atoms with van der Waals surface area (Å²) in [5, 5.41) is 0. The Bertz CT molecular complexity index is 1680. The summed E-state index contributed by atoms with van der Waals surface area (Å²) in [4.78, 5) is 42.1. The van der Waals surface area contributed by atoms with Gasteiger partial charge in [0, 0.05) is 61.5 Å². The highest BCUT2D eigenvalue weighted by atomic mass is 16.2. The number of carbonyl (C=O) groups is 2. The van der Waals surface area contributed by atoms with Crippen molar-refractivity contribution in [1.82, 2.24) is 24.1 Å². The normalized spacial score (nSPS) is 18.2. The van der Waals surface area contributed by atoms with Crippen LogP contribution in [0.2, 0.25) is 0 Å². The van der Waals surface area contributed by atoms with E-state index in [-0.39, 0.29) is 17.9 Å². The second-order valence-corrected chi connectivity index (χ2v) is 10.2. The van der Waals surface area contributed by atoms with Crippen molar-refractivity contribution in [1.29, 1.82) is 0 Å². The molecule has 0 radical (unpaired) electrons. The number of aliphatic imine (C=N–C) groups is 1. The number of allylic oxidation sites excluding steroid dienone is 2. The molecule has 7 rings (SSSR count). The number of amides is 2. The second-order valence-electron chi connectivity index (χ2n) is 10.2. The van der Waals surface area contributed by atoms with Gasteiger partial charge in [0.05, 0.1) is 18.3 Å². The summed E-state index contributed by atoms with van der Waals surface area (Å²) in [5.41, 5.74) is 4.91. The molecular weight excluding hydrogens is 500 g/mol. The highest BCUT2D eigenvalue weighted by molar-refractivity contribution is 5.97. The fraction of sp³-hybridized carbons (Fsp3) is 0.188. The zero-order valence-corrected chi connectivity index (χ0v) is 21.9. The molecule has 2 amide bonds. The quantitative estimate of drug-likeness (QED) is 0.393. The number of benzene rings is 2. The van der Waals surface area contributed by atoms with Gasteiger partial charge in [-0.2, -0.15) is 0 Å². The molecule has 4 aromatic rings. The van der Waals surface area contributed by atoms with Crippen molar-refractivity contribution in [2.75, 3.05) is 32.7 Å². The van der Waals surface area contributed by atoms with Crippen molar-refractivity contribution in [3.8, 4) is 11.3 Å². The number of piperazine rings is 1. The topological polar surface area (TPSA) is 73.5 Å². The van der Waals surface area contributed by atoms with Crippen LogP contribution in [0.5, 0.6) is 0 Å². The molecule has 3 aliphatic heterocycles. The smallest absolute Gasteiger partial charge is 0.253 e. The van der Waals surface area contributed by atoms with Crippen LogP contribution in [0.4, 0.5) is 0 Å². The van der Waals surface area contributed by atoms with Crippen LogP contribution >= 0.6 is 0 Å². The molecule has 0 spiro atoms. The van der Waals surface area contributed by atoms with Gasteiger partial charge in [0.1, 0.15) is 11.5 Å². The van der Waals surface area contributed by atoms with Gasteiger partial charge in [0.15, 0.2) is 0 Å². The van der Waals surface area contributed by atoms with Crippen molar-refractivity contribution in [2.24, 2.45) is 4.99 Å². The molecule has 198 valence electrons. The first-order valence-electron chi connectivity index (χ1n) is 13.5. The summed E-state index contributed by atoms with van der Waals surface area (Å²) in [5.74, 6) is 0.916. The molecule has 1 fully saturated rings. The standard InChI is InChI=1S/C32H28N6O2/c39-31(25-9-5-7-23(19-25)27-21-37-13-3-1-11-29(37)33-27)35-15-17-36(18-16-35)32(40)26-10-6-8-24(20-26)28-22-38-14-4-2-12-30(38)34-28/h1-14,19-21,28H,15-18,22H2. The largest absolute Gasteiger partial charge is 0.335 e. The van der Waals surface area contributed by atoms with Crippen LogP contribution in [-0.2, 0) is 0 Å². The molecule has 1 atom stereocenters. The molecule has 3 aliphatic rings. The molecule has 0 bridgehead atoms. The molecule has 5 heterocycles. The van der Waals surface area contributed by atoms with Gasteiger partial charge in [-0.1, -0.05) is 36.4 Å². The van der Waals surface area contributed by atoms with Crippen LogP contribution < -0.4 is 0 Å². The van der Waals surface area contributed by atoms with E-state index in [1.54, 1.807) is 0 Å². The Hall–Kier alpha value is -4.98. The number of hydrogen-bond acceptors (Lipinski definition) is 5. The Kier molecular flexibility index (Phi) is 6.00. The minimum atomic E-state index is -0.0281. The van der Waals surface area contributed by atoms with Gasteiger partial charge >= 0.3 is 0 Å². The van der Waals surface area contributed by atoms with Crippen LogP contribution in [0, 0.1) is 0 Å². The fourth-order valence-electron chi connectivity index (χ4n) is 5.55. The molecule has 1 unspecified atom stereocenters. The zero-order chi connectivity index (χ0) is 27.1. The van der Waals surface area contributed by atoms with E-state index in [9.17, 15) is 9.59 Å². The van der Waals surface area contributed by atoms with Gasteiger partial charge in [0.2, 0.25) is 0 Å². The Labute approximate surface area is 232 Å². The summed E-state index contributed by atoms with van der Waals surface area (Å²) in [6.45, 7) is 2.75. The summed E-state index contributed by atoms with van der Waals surface area (Å²) >= 11 is 0. The van der Waals surface area contributed by atoms with Crippen LogP contribution in [0.25, 0.3) is 16.9 Å². The Morgan fingerprint density at radius 2 is 1.55 bits per heavy atom. The van der Waals surface area contributed by atoms with Crippen LogP contribution in [-0.4, -0.2) is 74.5 Å². The lowest BCUT2D eigenvalue weighted by Gasteiger charge is -2.35. The average molecular weight is 529 g/mol. The fourth-order valence-corrected chi connectivity index (χ4v) is 5.55. The SMILES string of the molecule is O=C(c1cccc(-c2cn3ccccc3n2)c1)N1CCN(C(=O)c2cccc(C3CN4C=CC=CC4=N3)c2)CC1. The summed E-state index contributed by atoms with van der Waals surface area (Å²) in [7, 11) is 0. The highest BCUT2D eigenvalue weighted by Gasteiger charge is 2.28. The lowest BCUT2D eigenvalue weighted by atomic mass is 10.0. The van der Waals surface area contributed by atoms with Crippen molar-refractivity contribution < 1.29 is 9.59 Å². The molecule has 2 aromatic heterocycles. The number of imidazole rings is 1. The predicted octanol–water partition coefficient (Wildman–Crippen LogP) is 4.44. The Balaban J connectivity index is 1.01. The average Bonchev–Trinajstić information content (AvgIpc) is 3.65. The van der Waals surface area contributed by atoms with E-state index in [0.29, 0.717) is 37.3 Å². The van der Waals surface area contributed by atoms with Crippen molar-refractivity contribution >= 4 is 23.3 Å². The summed E-state index contributed by atoms with van der Waals surface area (Å²) < 4.78 is 1.97. The molecule has 8 heteroatoms. The maximum absolute atomic E-state index is 13.4. The lowest BCUT2D eigenvalue weighted by molar-refractivity contribution is 0.0535. The molecule has 40 heavy (non-hydrogen) atoms. The van der Waals surface area contributed by atoms with Crippen LogP contribution in [0.15, 0.2) is 109 Å². The number of pyridine rings is 1. The number of amidine groups is 1. The number of fused-ring (bicyclic) bond motifs is 2. The molecule has 0 aliphatic carbocycles. The number of hydrogen-bond donors (Lipinski definition) is 0. The first kappa shape index (κ1) is 24.1. The van der Waals surface area contributed by atoms with Crippen LogP contribution in [0.3, 0.4) is 0 Å². The molecular formula is C32H28N6O2. The van der Waals surface area contributed by atoms with E-state index in [4.69, 9.17) is 4.99 Å². The molecule has 8 nitrogen and oxygen atoms in total. The van der Waals surface area contributed by atoms with Gasteiger partial charge in [-0.25, -0.2) is 4.98 Å². The first-order valence-corrected chi connectivity index (χ1v) is 13.5. The third-order valence-corrected chi connectivity index (χ3v) is 7.72. The summed E-state index contributed by atoms with van der Waals surface area (Å²) in [6, 6.07) is 21.3. The third-order valence-electron chi connectivity index (χ3n) is 7.72. The van der Waals surface area contributed by atoms with E-state index in [0.717, 1.165) is 34.8 Å².